The van der Waals surface area contributed by atoms with Gasteiger partial charge in [-0.25, -0.2) is 0 Å². The van der Waals surface area contributed by atoms with Crippen LogP contribution in [0.1, 0.15) is 19.3 Å². The first kappa shape index (κ1) is 12.4. The van der Waals surface area contributed by atoms with Crippen LogP contribution >= 0.6 is 0 Å². The van der Waals surface area contributed by atoms with E-state index in [0.717, 1.165) is 13.2 Å². The molecule has 5 nitrogen and oxygen atoms in total. The van der Waals surface area contributed by atoms with Crippen LogP contribution < -0.4 is 0 Å². The van der Waals surface area contributed by atoms with E-state index in [-0.39, 0.29) is 24.5 Å². The predicted octanol–water partition coefficient (Wildman–Crippen LogP) is -0.310. The molecule has 18 heavy (non-hydrogen) atoms. The second-order valence-electron chi connectivity index (χ2n) is 5.80. The smallest absolute Gasteiger partial charge is 0.223 e. The molecule has 3 aliphatic heterocycles. The van der Waals surface area contributed by atoms with E-state index in [9.17, 15) is 4.79 Å². The maximum absolute atomic E-state index is 11.8. The molecule has 0 bridgehead atoms. The van der Waals surface area contributed by atoms with Crippen molar-refractivity contribution in [3.63, 3.8) is 0 Å². The molecule has 0 aliphatic carbocycles. The molecule has 0 radical (unpaired) electrons. The van der Waals surface area contributed by atoms with Gasteiger partial charge in [0.25, 0.3) is 0 Å². The number of aliphatic hydroxyl groups excluding tert-OH is 1. The van der Waals surface area contributed by atoms with Crippen molar-refractivity contribution >= 4 is 5.91 Å². The van der Waals surface area contributed by atoms with Crippen molar-refractivity contribution in [2.45, 2.75) is 31.4 Å². The highest BCUT2D eigenvalue weighted by Crippen LogP contribution is 2.24. The molecule has 3 saturated heterocycles. The van der Waals surface area contributed by atoms with E-state index < -0.39 is 0 Å². The minimum Gasteiger partial charge on any atom is -0.396 e. The lowest BCUT2D eigenvalue weighted by Crippen LogP contribution is -2.50. The highest BCUT2D eigenvalue weighted by atomic mass is 16.5. The standard InChI is InChI=1S/C13H22N2O3/c16-8-10-4-13(17)15(5-10)7-12-6-14-3-1-2-11(14)9-18-12/h10-12,16H,1-9H2. The number of amides is 1. The molecule has 0 spiro atoms. The summed E-state index contributed by atoms with van der Waals surface area (Å²) in [6.45, 7) is 4.45. The van der Waals surface area contributed by atoms with Gasteiger partial charge in [-0.15, -0.1) is 0 Å². The molecule has 0 aromatic rings. The van der Waals surface area contributed by atoms with Crippen LogP contribution in [0.25, 0.3) is 0 Å². The second kappa shape index (κ2) is 5.15. The normalized spacial score (nSPS) is 37.3. The summed E-state index contributed by atoms with van der Waals surface area (Å²) in [5.74, 6) is 0.293. The number of rotatable bonds is 3. The molecular formula is C13H22N2O3. The number of likely N-dealkylation sites (tertiary alicyclic amines) is 1. The molecule has 1 N–H and O–H groups in total. The molecule has 0 saturated carbocycles. The van der Waals surface area contributed by atoms with E-state index in [1.165, 1.54) is 19.4 Å². The third-order valence-corrected chi connectivity index (χ3v) is 4.44. The Hall–Kier alpha value is -0.650. The van der Waals surface area contributed by atoms with Gasteiger partial charge in [-0.05, 0) is 19.4 Å². The van der Waals surface area contributed by atoms with Crippen LogP contribution in [0.15, 0.2) is 0 Å². The molecule has 3 unspecified atom stereocenters. The number of nitrogens with zero attached hydrogens (tertiary/aromatic N) is 2. The summed E-state index contributed by atoms with van der Waals surface area (Å²) in [5, 5.41) is 9.11. The van der Waals surface area contributed by atoms with E-state index in [1.54, 1.807) is 0 Å². The van der Waals surface area contributed by atoms with Crippen LogP contribution in [0.4, 0.5) is 0 Å². The Morgan fingerprint density at radius 1 is 1.39 bits per heavy atom. The van der Waals surface area contributed by atoms with Crippen molar-refractivity contribution < 1.29 is 14.6 Å². The number of carbonyl (C=O) groups excluding carboxylic acids is 1. The van der Waals surface area contributed by atoms with Gasteiger partial charge in [-0.2, -0.15) is 0 Å². The fourth-order valence-electron chi connectivity index (χ4n) is 3.39. The highest BCUT2D eigenvalue weighted by molar-refractivity contribution is 5.78. The first-order valence-corrected chi connectivity index (χ1v) is 7.00. The quantitative estimate of drug-likeness (QED) is 0.751. The first-order chi connectivity index (χ1) is 8.76. The molecule has 3 aliphatic rings. The molecule has 0 aromatic carbocycles. The van der Waals surface area contributed by atoms with Crippen LogP contribution in [0.2, 0.25) is 0 Å². The van der Waals surface area contributed by atoms with Crippen LogP contribution in [0.3, 0.4) is 0 Å². The van der Waals surface area contributed by atoms with E-state index in [0.29, 0.717) is 25.6 Å². The van der Waals surface area contributed by atoms with Crippen molar-refractivity contribution in [3.05, 3.63) is 0 Å². The molecule has 0 aromatic heterocycles. The van der Waals surface area contributed by atoms with Gasteiger partial charge in [0, 0.05) is 44.6 Å². The molecule has 3 atom stereocenters. The molecular weight excluding hydrogens is 232 g/mol. The summed E-state index contributed by atoms with van der Waals surface area (Å²) in [4.78, 5) is 16.2. The van der Waals surface area contributed by atoms with E-state index in [4.69, 9.17) is 9.84 Å². The zero-order valence-electron chi connectivity index (χ0n) is 10.8. The lowest BCUT2D eigenvalue weighted by Gasteiger charge is -2.36. The molecule has 3 heterocycles. The SMILES string of the molecule is O=C1CC(CO)CN1CC1CN2CCCC2CO1. The van der Waals surface area contributed by atoms with Crippen LogP contribution in [-0.4, -0.2) is 72.4 Å². The number of hydrogen-bond donors (Lipinski definition) is 1. The fraction of sp³-hybridized carbons (Fsp3) is 0.923. The Morgan fingerprint density at radius 3 is 3.06 bits per heavy atom. The third-order valence-electron chi connectivity index (χ3n) is 4.44. The van der Waals surface area contributed by atoms with E-state index in [1.807, 2.05) is 4.90 Å². The topological polar surface area (TPSA) is 53.0 Å². The monoisotopic (exact) mass is 254 g/mol. The fourth-order valence-corrected chi connectivity index (χ4v) is 3.39. The van der Waals surface area contributed by atoms with Crippen molar-refractivity contribution in [2.75, 3.05) is 39.4 Å². The van der Waals surface area contributed by atoms with Gasteiger partial charge in [0.05, 0.1) is 12.7 Å². The van der Waals surface area contributed by atoms with Gasteiger partial charge in [-0.1, -0.05) is 0 Å². The second-order valence-corrected chi connectivity index (χ2v) is 5.80. The molecule has 1 amide bonds. The lowest BCUT2D eigenvalue weighted by molar-refractivity contribution is -0.131. The Kier molecular flexibility index (Phi) is 3.54. The van der Waals surface area contributed by atoms with Gasteiger partial charge in [0.1, 0.15) is 0 Å². The Labute approximate surface area is 108 Å². The number of morpholine rings is 1. The average Bonchev–Trinajstić information content (AvgIpc) is 2.96. The van der Waals surface area contributed by atoms with Crippen molar-refractivity contribution in [1.29, 1.82) is 0 Å². The van der Waals surface area contributed by atoms with Gasteiger partial charge < -0.3 is 14.7 Å². The highest BCUT2D eigenvalue weighted by Gasteiger charge is 2.36. The molecule has 3 rings (SSSR count). The summed E-state index contributed by atoms with van der Waals surface area (Å²) in [7, 11) is 0. The summed E-state index contributed by atoms with van der Waals surface area (Å²) < 4.78 is 5.87. The summed E-state index contributed by atoms with van der Waals surface area (Å²) in [6.07, 6.45) is 3.17. The zero-order valence-corrected chi connectivity index (χ0v) is 10.8. The zero-order chi connectivity index (χ0) is 12.5. The van der Waals surface area contributed by atoms with Gasteiger partial charge in [0.2, 0.25) is 5.91 Å². The minimum atomic E-state index is 0.113. The maximum atomic E-state index is 11.8. The van der Waals surface area contributed by atoms with Crippen molar-refractivity contribution in [1.82, 2.24) is 9.80 Å². The first-order valence-electron chi connectivity index (χ1n) is 7.00. The van der Waals surface area contributed by atoms with E-state index in [2.05, 4.69) is 4.90 Å². The minimum absolute atomic E-state index is 0.113. The maximum Gasteiger partial charge on any atom is 0.223 e. The van der Waals surface area contributed by atoms with Crippen molar-refractivity contribution in [2.24, 2.45) is 5.92 Å². The number of carbonyl (C=O) groups is 1. The summed E-state index contributed by atoms with van der Waals surface area (Å²) in [5.41, 5.74) is 0. The Balaban J connectivity index is 1.52. The van der Waals surface area contributed by atoms with Crippen molar-refractivity contribution in [3.8, 4) is 0 Å². The van der Waals surface area contributed by atoms with Crippen LogP contribution in [0, 0.1) is 5.92 Å². The van der Waals surface area contributed by atoms with E-state index >= 15 is 0 Å². The van der Waals surface area contributed by atoms with Gasteiger partial charge in [-0.3, -0.25) is 9.69 Å². The number of ether oxygens (including phenoxy) is 1. The number of hydrogen-bond acceptors (Lipinski definition) is 4. The summed E-state index contributed by atoms with van der Waals surface area (Å²) >= 11 is 0. The van der Waals surface area contributed by atoms with Gasteiger partial charge in [0.15, 0.2) is 0 Å². The third kappa shape index (κ3) is 2.39. The Morgan fingerprint density at radius 2 is 2.28 bits per heavy atom. The molecule has 102 valence electrons. The summed E-state index contributed by atoms with van der Waals surface area (Å²) in [6, 6.07) is 0.612. The van der Waals surface area contributed by atoms with Crippen LogP contribution in [-0.2, 0) is 9.53 Å². The molecule has 5 heteroatoms. The lowest BCUT2D eigenvalue weighted by atomic mass is 10.1. The number of fused-ring (bicyclic) bond motifs is 1. The predicted molar refractivity (Wildman–Crippen MR) is 66.1 cm³/mol. The van der Waals surface area contributed by atoms with Gasteiger partial charge >= 0.3 is 0 Å². The largest absolute Gasteiger partial charge is 0.396 e. The average molecular weight is 254 g/mol. The number of aliphatic hydroxyl groups is 1. The Bertz CT molecular complexity index is 323. The molecule has 3 fully saturated rings. The van der Waals surface area contributed by atoms with Crippen LogP contribution in [0.5, 0.6) is 0 Å².